The van der Waals surface area contributed by atoms with Crippen LogP contribution in [0.3, 0.4) is 0 Å². The highest BCUT2D eigenvalue weighted by atomic mass is 35.5. The summed E-state index contributed by atoms with van der Waals surface area (Å²) in [5.74, 6) is -1.76. The first-order valence-corrected chi connectivity index (χ1v) is 12.2. The van der Waals surface area contributed by atoms with Crippen LogP contribution in [0.25, 0.3) is 0 Å². The van der Waals surface area contributed by atoms with Crippen molar-refractivity contribution in [1.82, 2.24) is 10.6 Å². The van der Waals surface area contributed by atoms with E-state index in [9.17, 15) is 18.0 Å². The van der Waals surface area contributed by atoms with Crippen molar-refractivity contribution in [2.24, 2.45) is 0 Å². The number of nitrogens with one attached hydrogen (secondary N) is 2. The molecule has 10 heteroatoms. The Balaban J connectivity index is 1.66. The minimum Gasteiger partial charge on any atom is -0.346 e. The topological polar surface area (TPSA) is 92.3 Å². The van der Waals surface area contributed by atoms with Gasteiger partial charge in [0.15, 0.2) is 9.84 Å². The molecule has 29 heavy (non-hydrogen) atoms. The first kappa shape index (κ1) is 21.5. The molecule has 0 aliphatic carbocycles. The molecule has 0 radical (unpaired) electrons. The number of thiophene rings is 2. The lowest BCUT2D eigenvalue weighted by molar-refractivity contribution is -0.139. The number of hydrogen-bond acceptors (Lipinski definition) is 6. The maximum atomic E-state index is 13.0. The Morgan fingerprint density at radius 3 is 2.28 bits per heavy atom. The second-order valence-corrected chi connectivity index (χ2v) is 10.7. The van der Waals surface area contributed by atoms with Gasteiger partial charge in [-0.1, -0.05) is 41.9 Å². The van der Waals surface area contributed by atoms with Gasteiger partial charge >= 0.3 is 11.8 Å². The van der Waals surface area contributed by atoms with E-state index in [2.05, 4.69) is 10.6 Å². The number of rotatable bonds is 7. The minimum absolute atomic E-state index is 0.0910. The number of sulfone groups is 1. The predicted molar refractivity (Wildman–Crippen MR) is 115 cm³/mol. The van der Waals surface area contributed by atoms with E-state index in [1.807, 2.05) is 0 Å². The van der Waals surface area contributed by atoms with Crippen molar-refractivity contribution in [3.63, 3.8) is 0 Å². The van der Waals surface area contributed by atoms with Crippen LogP contribution in [0.5, 0.6) is 0 Å². The van der Waals surface area contributed by atoms with E-state index in [1.54, 1.807) is 53.2 Å². The van der Waals surface area contributed by atoms with E-state index in [1.165, 1.54) is 17.4 Å². The number of halogens is 1. The summed E-state index contributed by atoms with van der Waals surface area (Å²) in [4.78, 5) is 24.9. The van der Waals surface area contributed by atoms with E-state index < -0.39 is 26.9 Å². The second kappa shape index (κ2) is 9.53. The third-order valence-electron chi connectivity index (χ3n) is 4.06. The van der Waals surface area contributed by atoms with Crippen LogP contribution in [0.2, 0.25) is 5.02 Å². The molecular weight excluding hydrogens is 452 g/mol. The van der Waals surface area contributed by atoms with E-state index in [0.29, 0.717) is 15.5 Å². The molecule has 0 fully saturated rings. The lowest BCUT2D eigenvalue weighted by atomic mass is 10.2. The van der Waals surface area contributed by atoms with Crippen molar-refractivity contribution in [3.8, 4) is 0 Å². The zero-order valence-electron chi connectivity index (χ0n) is 15.0. The number of amides is 2. The fourth-order valence-corrected chi connectivity index (χ4v) is 6.76. The molecule has 0 saturated carbocycles. The van der Waals surface area contributed by atoms with Crippen LogP contribution in [-0.2, 0) is 26.0 Å². The van der Waals surface area contributed by atoms with Gasteiger partial charge in [-0.3, -0.25) is 9.59 Å². The molecule has 6 nitrogen and oxygen atoms in total. The van der Waals surface area contributed by atoms with Crippen molar-refractivity contribution >= 4 is 55.9 Å². The van der Waals surface area contributed by atoms with Crippen LogP contribution in [0.1, 0.15) is 15.7 Å². The molecule has 0 aliphatic heterocycles. The SMILES string of the molecule is O=C(NCc1ccccc1Cl)C(=O)NC[C@H](c1cccs1)S(=O)(=O)c1cccs1. The normalized spacial score (nSPS) is 12.3. The minimum atomic E-state index is -3.70. The van der Waals surface area contributed by atoms with Crippen molar-refractivity contribution < 1.29 is 18.0 Å². The molecule has 3 rings (SSSR count). The lowest BCUT2D eigenvalue weighted by Crippen LogP contribution is -2.41. The summed E-state index contributed by atoms with van der Waals surface area (Å²) in [6, 6.07) is 13.6. The van der Waals surface area contributed by atoms with E-state index >= 15 is 0 Å². The molecule has 2 N–H and O–H groups in total. The second-order valence-electron chi connectivity index (χ2n) is 5.97. The van der Waals surface area contributed by atoms with Crippen LogP contribution in [0.15, 0.2) is 63.5 Å². The Morgan fingerprint density at radius 2 is 1.62 bits per heavy atom. The molecule has 152 valence electrons. The van der Waals surface area contributed by atoms with Gasteiger partial charge in [0.25, 0.3) is 0 Å². The molecule has 2 aromatic heterocycles. The number of carbonyl (C=O) groups is 2. The quantitative estimate of drug-likeness (QED) is 0.520. The zero-order valence-corrected chi connectivity index (χ0v) is 18.2. The molecule has 0 unspecified atom stereocenters. The van der Waals surface area contributed by atoms with Gasteiger partial charge in [-0.15, -0.1) is 22.7 Å². The summed E-state index contributed by atoms with van der Waals surface area (Å²) in [5, 5.41) is 7.88. The highest BCUT2D eigenvalue weighted by Crippen LogP contribution is 2.33. The number of carbonyl (C=O) groups excluding carboxylic acids is 2. The summed E-state index contributed by atoms with van der Waals surface area (Å²) in [6.45, 7) is -0.118. The Kier molecular flexibility index (Phi) is 7.07. The predicted octanol–water partition coefficient (Wildman–Crippen LogP) is 3.41. The van der Waals surface area contributed by atoms with Crippen LogP contribution < -0.4 is 10.6 Å². The maximum absolute atomic E-state index is 13.0. The van der Waals surface area contributed by atoms with Gasteiger partial charge in [-0.2, -0.15) is 0 Å². The van der Waals surface area contributed by atoms with Gasteiger partial charge in [0.05, 0.1) is 0 Å². The van der Waals surface area contributed by atoms with Gasteiger partial charge in [0.1, 0.15) is 9.46 Å². The highest BCUT2D eigenvalue weighted by molar-refractivity contribution is 7.93. The van der Waals surface area contributed by atoms with Crippen LogP contribution >= 0.6 is 34.3 Å². The van der Waals surface area contributed by atoms with E-state index in [-0.39, 0.29) is 17.3 Å². The Labute approximate surface area is 181 Å². The summed E-state index contributed by atoms with van der Waals surface area (Å²) < 4.78 is 26.2. The molecular formula is C19H17ClN2O4S3. The highest BCUT2D eigenvalue weighted by Gasteiger charge is 2.31. The fourth-order valence-electron chi connectivity index (χ4n) is 2.57. The van der Waals surface area contributed by atoms with Crippen LogP contribution in [0.4, 0.5) is 0 Å². The van der Waals surface area contributed by atoms with Crippen molar-refractivity contribution in [1.29, 1.82) is 0 Å². The molecule has 1 aromatic carbocycles. The molecule has 0 saturated heterocycles. The van der Waals surface area contributed by atoms with Gasteiger partial charge in [-0.25, -0.2) is 8.42 Å². The molecule has 0 spiro atoms. The van der Waals surface area contributed by atoms with Gasteiger partial charge < -0.3 is 10.6 Å². The van der Waals surface area contributed by atoms with Crippen molar-refractivity contribution in [2.75, 3.05) is 6.54 Å². The molecule has 2 amide bonds. The molecule has 2 heterocycles. The third kappa shape index (κ3) is 5.24. The Bertz CT molecular complexity index is 1080. The van der Waals surface area contributed by atoms with Gasteiger partial charge in [0.2, 0.25) is 0 Å². The first-order chi connectivity index (χ1) is 13.9. The summed E-state index contributed by atoms with van der Waals surface area (Å²) in [5.41, 5.74) is 0.673. The Morgan fingerprint density at radius 1 is 0.931 bits per heavy atom. The number of benzene rings is 1. The lowest BCUT2D eigenvalue weighted by Gasteiger charge is -2.16. The van der Waals surface area contributed by atoms with Gasteiger partial charge in [-0.05, 0) is 34.5 Å². The maximum Gasteiger partial charge on any atom is 0.309 e. The average molecular weight is 469 g/mol. The molecule has 3 aromatic rings. The third-order valence-corrected chi connectivity index (χ3v) is 9.08. The monoisotopic (exact) mass is 468 g/mol. The molecule has 0 aliphatic rings. The summed E-state index contributed by atoms with van der Waals surface area (Å²) in [7, 11) is -3.70. The zero-order chi connectivity index (χ0) is 20.9. The van der Waals surface area contributed by atoms with Crippen molar-refractivity contribution in [2.45, 2.75) is 16.0 Å². The summed E-state index contributed by atoms with van der Waals surface area (Å²) >= 11 is 8.43. The smallest absolute Gasteiger partial charge is 0.309 e. The Hall–Kier alpha value is -2.20. The van der Waals surface area contributed by atoms with Gasteiger partial charge in [0, 0.05) is 23.0 Å². The van der Waals surface area contributed by atoms with E-state index in [4.69, 9.17) is 11.6 Å². The van der Waals surface area contributed by atoms with Crippen LogP contribution in [0, 0.1) is 0 Å². The van der Waals surface area contributed by atoms with E-state index in [0.717, 1.165) is 11.3 Å². The van der Waals surface area contributed by atoms with Crippen LogP contribution in [-0.4, -0.2) is 26.8 Å². The fraction of sp³-hybridized carbons (Fsp3) is 0.158. The summed E-state index contributed by atoms with van der Waals surface area (Å²) in [6.07, 6.45) is 0. The average Bonchev–Trinajstić information content (AvgIpc) is 3.41. The largest absolute Gasteiger partial charge is 0.346 e. The molecule has 0 bridgehead atoms. The standard InChI is InChI=1S/C19H17ClN2O4S3/c20-14-6-2-1-5-13(14)11-21-18(23)19(24)22-12-16(15-7-3-9-27-15)29(25,26)17-8-4-10-28-17/h1-10,16H,11-12H2,(H,21,23)(H,22,24)/t16-/m1/s1. The number of hydrogen-bond donors (Lipinski definition) is 2. The van der Waals surface area contributed by atoms with Crippen molar-refractivity contribution in [3.05, 3.63) is 74.8 Å². The molecule has 1 atom stereocenters. The first-order valence-electron chi connectivity index (χ1n) is 8.50.